The van der Waals surface area contributed by atoms with Crippen molar-refractivity contribution in [1.29, 1.82) is 0 Å². The van der Waals surface area contributed by atoms with Crippen molar-refractivity contribution < 1.29 is 23.2 Å². The van der Waals surface area contributed by atoms with Crippen LogP contribution < -0.4 is 5.73 Å². The van der Waals surface area contributed by atoms with Crippen molar-refractivity contribution in [2.24, 2.45) is 5.73 Å². The second kappa shape index (κ2) is 6.32. The quantitative estimate of drug-likeness (QED) is 0.399. The van der Waals surface area contributed by atoms with Crippen LogP contribution in [0.3, 0.4) is 0 Å². The number of nitrogens with two attached hydrogens (primary N) is 1. The van der Waals surface area contributed by atoms with Crippen molar-refractivity contribution in [3.8, 4) is 0 Å². The Balaban J connectivity index is 0. The van der Waals surface area contributed by atoms with Crippen LogP contribution in [0.25, 0.3) is 0 Å². The largest absolute Gasteiger partial charge is 0.395 e. The van der Waals surface area contributed by atoms with Gasteiger partial charge in [0.1, 0.15) is 5.25 Å². The summed E-state index contributed by atoms with van der Waals surface area (Å²) in [6.07, 6.45) is -1.26. The zero-order chi connectivity index (χ0) is 10.4. The molecule has 0 amide bonds. The van der Waals surface area contributed by atoms with Crippen LogP contribution in [0.2, 0.25) is 0 Å². The first-order valence-electron chi connectivity index (χ1n) is 3.22. The predicted molar refractivity (Wildman–Crippen MR) is 44.2 cm³/mol. The zero-order valence-corrected chi connectivity index (χ0v) is 7.82. The molecule has 0 fully saturated rings. The van der Waals surface area contributed by atoms with Gasteiger partial charge in [0.05, 0.1) is 12.7 Å². The van der Waals surface area contributed by atoms with Crippen LogP contribution >= 0.6 is 0 Å². The third-order valence-electron chi connectivity index (χ3n) is 1.10. The fourth-order valence-corrected chi connectivity index (χ4v) is 1.18. The lowest BCUT2D eigenvalue weighted by Crippen LogP contribution is -2.34. The highest BCUT2D eigenvalue weighted by molar-refractivity contribution is 7.86. The molecule has 0 saturated heterocycles. The molecule has 0 aromatic rings. The van der Waals surface area contributed by atoms with Gasteiger partial charge in [0.2, 0.25) is 0 Å². The van der Waals surface area contributed by atoms with Gasteiger partial charge in [0.15, 0.2) is 0 Å². The van der Waals surface area contributed by atoms with E-state index in [1.165, 1.54) is 14.0 Å². The highest BCUT2D eigenvalue weighted by Crippen LogP contribution is 2.02. The predicted octanol–water partition coefficient (Wildman–Crippen LogP) is -1.81. The SMILES string of the molecule is CC(O)C(CO)S(=O)(=O)O.CN. The Morgan fingerprint density at radius 1 is 1.42 bits per heavy atom. The molecule has 0 aliphatic rings. The molecular weight excluding hydrogens is 186 g/mol. The van der Waals surface area contributed by atoms with E-state index < -0.39 is 28.1 Å². The molecule has 0 aromatic heterocycles. The molecule has 0 saturated carbocycles. The Hall–Kier alpha value is -0.210. The average molecular weight is 201 g/mol. The topological polar surface area (TPSA) is 121 Å². The molecular formula is C5H15NO5S. The van der Waals surface area contributed by atoms with Gasteiger partial charge in [-0.2, -0.15) is 8.42 Å². The van der Waals surface area contributed by atoms with E-state index in [2.05, 4.69) is 5.73 Å². The van der Waals surface area contributed by atoms with E-state index in [-0.39, 0.29) is 0 Å². The molecule has 0 aliphatic carbocycles. The molecule has 6 nitrogen and oxygen atoms in total. The Morgan fingerprint density at radius 2 is 1.75 bits per heavy atom. The monoisotopic (exact) mass is 201 g/mol. The second-order valence-corrected chi connectivity index (χ2v) is 3.61. The summed E-state index contributed by atoms with van der Waals surface area (Å²) in [4.78, 5) is 0. The number of aliphatic hydroxyl groups excluding tert-OH is 2. The number of hydrogen-bond donors (Lipinski definition) is 4. The van der Waals surface area contributed by atoms with Crippen molar-refractivity contribution in [1.82, 2.24) is 0 Å². The normalized spacial score (nSPS) is 15.8. The van der Waals surface area contributed by atoms with Gasteiger partial charge in [0, 0.05) is 0 Å². The summed E-state index contributed by atoms with van der Waals surface area (Å²) in [5, 5.41) is 15.5. The van der Waals surface area contributed by atoms with E-state index in [1.807, 2.05) is 0 Å². The van der Waals surface area contributed by atoms with Gasteiger partial charge in [0.25, 0.3) is 10.1 Å². The Morgan fingerprint density at radius 3 is 1.75 bits per heavy atom. The maximum absolute atomic E-state index is 10.2. The van der Waals surface area contributed by atoms with Crippen LogP contribution in [-0.2, 0) is 10.1 Å². The molecule has 0 rings (SSSR count). The van der Waals surface area contributed by atoms with Gasteiger partial charge in [-0.1, -0.05) is 0 Å². The van der Waals surface area contributed by atoms with Crippen molar-refractivity contribution in [2.45, 2.75) is 18.3 Å². The lowest BCUT2D eigenvalue weighted by Gasteiger charge is -2.12. The smallest absolute Gasteiger partial charge is 0.272 e. The fourth-order valence-electron chi connectivity index (χ4n) is 0.496. The molecule has 0 radical (unpaired) electrons. The van der Waals surface area contributed by atoms with Crippen molar-refractivity contribution >= 4 is 10.1 Å². The van der Waals surface area contributed by atoms with Crippen LogP contribution in [0.1, 0.15) is 6.92 Å². The van der Waals surface area contributed by atoms with E-state index in [0.717, 1.165) is 0 Å². The first-order valence-corrected chi connectivity index (χ1v) is 4.73. The third-order valence-corrected chi connectivity index (χ3v) is 2.41. The molecule has 2 atom stereocenters. The zero-order valence-electron chi connectivity index (χ0n) is 7.01. The highest BCUT2D eigenvalue weighted by atomic mass is 32.2. The molecule has 2 unspecified atom stereocenters. The second-order valence-electron chi connectivity index (χ2n) is 1.98. The maximum Gasteiger partial charge on any atom is 0.272 e. The molecule has 76 valence electrons. The number of hydrogen-bond acceptors (Lipinski definition) is 5. The summed E-state index contributed by atoms with van der Waals surface area (Å²) in [6, 6.07) is 0. The minimum atomic E-state index is -4.31. The summed E-state index contributed by atoms with van der Waals surface area (Å²) in [5.41, 5.74) is 4.50. The van der Waals surface area contributed by atoms with Gasteiger partial charge < -0.3 is 15.9 Å². The molecule has 0 heterocycles. The van der Waals surface area contributed by atoms with Gasteiger partial charge in [-0.3, -0.25) is 4.55 Å². The molecule has 0 bridgehead atoms. The molecule has 12 heavy (non-hydrogen) atoms. The van der Waals surface area contributed by atoms with Gasteiger partial charge in [-0.15, -0.1) is 0 Å². The van der Waals surface area contributed by atoms with Crippen LogP contribution in [0, 0.1) is 0 Å². The minimum Gasteiger partial charge on any atom is -0.395 e. The Kier molecular flexibility index (Phi) is 7.54. The van der Waals surface area contributed by atoms with Crippen LogP contribution in [0.15, 0.2) is 0 Å². The van der Waals surface area contributed by atoms with E-state index in [0.29, 0.717) is 0 Å². The Labute approximate surface area is 71.8 Å². The van der Waals surface area contributed by atoms with Crippen LogP contribution in [-0.4, -0.2) is 48.2 Å². The highest BCUT2D eigenvalue weighted by Gasteiger charge is 2.26. The lowest BCUT2D eigenvalue weighted by atomic mass is 10.3. The van der Waals surface area contributed by atoms with Crippen molar-refractivity contribution in [2.75, 3.05) is 13.7 Å². The molecule has 0 aliphatic heterocycles. The molecule has 7 heteroatoms. The standard InChI is InChI=1S/C4H10O5S.CH5N/c1-3(6)4(2-5)10(7,8)9;1-2/h3-6H,2H2,1H3,(H,7,8,9);2H2,1H3. The first kappa shape index (κ1) is 14.3. The number of rotatable bonds is 3. The van der Waals surface area contributed by atoms with E-state index >= 15 is 0 Å². The summed E-state index contributed by atoms with van der Waals surface area (Å²) in [5.74, 6) is 0. The summed E-state index contributed by atoms with van der Waals surface area (Å²) in [6.45, 7) is 0.394. The number of aliphatic hydroxyl groups is 2. The third kappa shape index (κ3) is 5.44. The first-order chi connectivity index (χ1) is 5.39. The molecule has 0 spiro atoms. The van der Waals surface area contributed by atoms with Crippen LogP contribution in [0.4, 0.5) is 0 Å². The van der Waals surface area contributed by atoms with Crippen LogP contribution in [0.5, 0.6) is 0 Å². The van der Waals surface area contributed by atoms with Crippen molar-refractivity contribution in [3.05, 3.63) is 0 Å². The van der Waals surface area contributed by atoms with E-state index in [9.17, 15) is 8.42 Å². The van der Waals surface area contributed by atoms with Gasteiger partial charge in [-0.25, -0.2) is 0 Å². The minimum absolute atomic E-state index is 0.781. The van der Waals surface area contributed by atoms with Crippen molar-refractivity contribution in [3.63, 3.8) is 0 Å². The maximum atomic E-state index is 10.2. The summed E-state index contributed by atoms with van der Waals surface area (Å²) < 4.78 is 28.8. The van der Waals surface area contributed by atoms with E-state index in [1.54, 1.807) is 0 Å². The Bertz CT molecular complexity index is 188. The summed E-state index contributed by atoms with van der Waals surface area (Å²) in [7, 11) is -2.81. The van der Waals surface area contributed by atoms with Gasteiger partial charge >= 0.3 is 0 Å². The fraction of sp³-hybridized carbons (Fsp3) is 1.00. The van der Waals surface area contributed by atoms with E-state index in [4.69, 9.17) is 14.8 Å². The average Bonchev–Trinajstić information content (AvgIpc) is 1.89. The lowest BCUT2D eigenvalue weighted by molar-refractivity contribution is 0.148. The summed E-state index contributed by atoms with van der Waals surface area (Å²) >= 11 is 0. The molecule has 0 aromatic carbocycles. The molecule has 5 N–H and O–H groups in total. The van der Waals surface area contributed by atoms with Gasteiger partial charge in [-0.05, 0) is 14.0 Å².